The third-order valence-electron chi connectivity index (χ3n) is 4.44. The van der Waals surface area contributed by atoms with E-state index in [1.807, 2.05) is 31.3 Å². The van der Waals surface area contributed by atoms with Crippen LogP contribution in [0.25, 0.3) is 10.9 Å². The molecule has 128 valence electrons. The maximum absolute atomic E-state index is 12.0. The van der Waals surface area contributed by atoms with E-state index < -0.39 is 0 Å². The highest BCUT2D eigenvalue weighted by Gasteiger charge is 2.29. The van der Waals surface area contributed by atoms with E-state index in [2.05, 4.69) is 22.4 Å². The number of para-hydroxylation sites is 1. The van der Waals surface area contributed by atoms with Crippen molar-refractivity contribution in [3.8, 4) is 0 Å². The number of rotatable bonds is 7. The summed E-state index contributed by atoms with van der Waals surface area (Å²) in [4.78, 5) is 16.4. The fourth-order valence-electron chi connectivity index (χ4n) is 3.16. The molecule has 1 aromatic heterocycles. The van der Waals surface area contributed by atoms with E-state index in [-0.39, 0.29) is 17.9 Å². The lowest BCUT2D eigenvalue weighted by Crippen LogP contribution is -2.41. The Morgan fingerprint density at radius 2 is 2.21 bits per heavy atom. The zero-order valence-electron chi connectivity index (χ0n) is 14.0. The van der Waals surface area contributed by atoms with Gasteiger partial charge in [0.15, 0.2) is 0 Å². The first-order valence-corrected chi connectivity index (χ1v) is 8.55. The van der Waals surface area contributed by atoms with Crippen molar-refractivity contribution < 1.29 is 14.3 Å². The van der Waals surface area contributed by atoms with Crippen molar-refractivity contribution in [2.75, 3.05) is 26.4 Å². The van der Waals surface area contributed by atoms with E-state index in [4.69, 9.17) is 9.47 Å². The van der Waals surface area contributed by atoms with Crippen molar-refractivity contribution in [1.82, 2.24) is 10.3 Å². The summed E-state index contributed by atoms with van der Waals surface area (Å²) in [6, 6.07) is 10.3. The SMILES string of the molecule is CCOCCC(=O)N[C@H]1COC[C@H]1Cc1ccnc2ccccc12. The van der Waals surface area contributed by atoms with Gasteiger partial charge in [0, 0.05) is 30.5 Å². The predicted molar refractivity (Wildman–Crippen MR) is 92.8 cm³/mol. The predicted octanol–water partition coefficient (Wildman–Crippen LogP) is 2.34. The molecular weight excluding hydrogens is 304 g/mol. The van der Waals surface area contributed by atoms with Crippen molar-refractivity contribution >= 4 is 16.8 Å². The highest BCUT2D eigenvalue weighted by molar-refractivity contribution is 5.81. The topological polar surface area (TPSA) is 60.5 Å². The van der Waals surface area contributed by atoms with Crippen LogP contribution in [0.15, 0.2) is 36.5 Å². The van der Waals surface area contributed by atoms with Crippen molar-refractivity contribution in [1.29, 1.82) is 0 Å². The van der Waals surface area contributed by atoms with Gasteiger partial charge in [-0.05, 0) is 31.0 Å². The Morgan fingerprint density at radius 1 is 1.33 bits per heavy atom. The Balaban J connectivity index is 1.64. The molecule has 5 nitrogen and oxygen atoms in total. The highest BCUT2D eigenvalue weighted by Crippen LogP contribution is 2.24. The van der Waals surface area contributed by atoms with Gasteiger partial charge < -0.3 is 14.8 Å². The Labute approximate surface area is 142 Å². The number of nitrogens with zero attached hydrogens (tertiary/aromatic N) is 1. The van der Waals surface area contributed by atoms with E-state index in [1.54, 1.807) is 0 Å². The number of aromatic nitrogens is 1. The fourth-order valence-corrected chi connectivity index (χ4v) is 3.16. The molecule has 2 heterocycles. The summed E-state index contributed by atoms with van der Waals surface area (Å²) < 4.78 is 10.9. The number of pyridine rings is 1. The van der Waals surface area contributed by atoms with Crippen LogP contribution in [-0.2, 0) is 20.7 Å². The van der Waals surface area contributed by atoms with Crippen molar-refractivity contribution in [3.05, 3.63) is 42.1 Å². The molecular formula is C19H24N2O3. The first-order chi connectivity index (χ1) is 11.8. The summed E-state index contributed by atoms with van der Waals surface area (Å²) >= 11 is 0. The average molecular weight is 328 g/mol. The van der Waals surface area contributed by atoms with Crippen LogP contribution in [0.2, 0.25) is 0 Å². The van der Waals surface area contributed by atoms with Gasteiger partial charge in [0.05, 0.1) is 31.4 Å². The highest BCUT2D eigenvalue weighted by atomic mass is 16.5. The second-order valence-corrected chi connectivity index (χ2v) is 6.11. The minimum absolute atomic E-state index is 0.0311. The Morgan fingerprint density at radius 3 is 3.08 bits per heavy atom. The molecule has 1 fully saturated rings. The van der Waals surface area contributed by atoms with Crippen molar-refractivity contribution in [3.63, 3.8) is 0 Å². The summed E-state index contributed by atoms with van der Waals surface area (Å²) in [5, 5.41) is 4.27. The molecule has 0 bridgehead atoms. The van der Waals surface area contributed by atoms with Crippen LogP contribution >= 0.6 is 0 Å². The number of amides is 1. The maximum atomic E-state index is 12.0. The van der Waals surface area contributed by atoms with E-state index in [1.165, 1.54) is 10.9 Å². The van der Waals surface area contributed by atoms with E-state index in [0.717, 1.165) is 11.9 Å². The molecule has 0 radical (unpaired) electrons. The van der Waals surface area contributed by atoms with Gasteiger partial charge in [-0.2, -0.15) is 0 Å². The quantitative estimate of drug-likeness (QED) is 0.793. The monoisotopic (exact) mass is 328 g/mol. The summed E-state index contributed by atoms with van der Waals surface area (Å²) in [5.74, 6) is 0.315. The molecule has 1 N–H and O–H groups in total. The zero-order valence-corrected chi connectivity index (χ0v) is 14.0. The van der Waals surface area contributed by atoms with Gasteiger partial charge in [-0.1, -0.05) is 18.2 Å². The van der Waals surface area contributed by atoms with Gasteiger partial charge in [-0.15, -0.1) is 0 Å². The second kappa shape index (κ2) is 8.22. The van der Waals surface area contributed by atoms with Gasteiger partial charge >= 0.3 is 0 Å². The molecule has 3 rings (SSSR count). The molecule has 1 saturated heterocycles. The van der Waals surface area contributed by atoms with Crippen LogP contribution in [0.3, 0.4) is 0 Å². The molecule has 24 heavy (non-hydrogen) atoms. The molecule has 0 aliphatic carbocycles. The van der Waals surface area contributed by atoms with Gasteiger partial charge in [-0.3, -0.25) is 9.78 Å². The summed E-state index contributed by atoms with van der Waals surface area (Å²) in [7, 11) is 0. The summed E-state index contributed by atoms with van der Waals surface area (Å²) in [6.45, 7) is 4.28. The van der Waals surface area contributed by atoms with Crippen LogP contribution in [0, 0.1) is 5.92 Å². The number of fused-ring (bicyclic) bond motifs is 1. The Bertz CT molecular complexity index is 684. The fraction of sp³-hybridized carbons (Fsp3) is 0.474. The standard InChI is InChI=1S/C19H24N2O3/c1-2-23-10-8-19(22)21-18-13-24-12-15(18)11-14-7-9-20-17-6-4-3-5-16(14)17/h3-7,9,15,18H,2,8,10-13H2,1H3,(H,21,22)/t15-,18+/m1/s1. The number of hydrogen-bond donors (Lipinski definition) is 1. The summed E-state index contributed by atoms with van der Waals surface area (Å²) in [5.41, 5.74) is 2.26. The molecule has 2 aromatic rings. The van der Waals surface area contributed by atoms with Crippen LogP contribution in [-0.4, -0.2) is 43.4 Å². The minimum atomic E-state index is 0.0311. The second-order valence-electron chi connectivity index (χ2n) is 6.11. The Kier molecular flexibility index (Phi) is 5.77. The van der Waals surface area contributed by atoms with Crippen molar-refractivity contribution in [2.24, 2.45) is 5.92 Å². The molecule has 2 atom stereocenters. The molecule has 0 saturated carbocycles. The largest absolute Gasteiger partial charge is 0.381 e. The first-order valence-electron chi connectivity index (χ1n) is 8.55. The Hall–Kier alpha value is -1.98. The van der Waals surface area contributed by atoms with Gasteiger partial charge in [0.1, 0.15) is 0 Å². The normalized spacial score (nSPS) is 20.4. The van der Waals surface area contributed by atoms with Crippen molar-refractivity contribution in [2.45, 2.75) is 25.8 Å². The van der Waals surface area contributed by atoms with Crippen LogP contribution in [0.1, 0.15) is 18.9 Å². The molecule has 1 aromatic carbocycles. The number of benzene rings is 1. The maximum Gasteiger partial charge on any atom is 0.222 e. The lowest BCUT2D eigenvalue weighted by molar-refractivity contribution is -0.123. The number of hydrogen-bond acceptors (Lipinski definition) is 4. The lowest BCUT2D eigenvalue weighted by atomic mass is 9.93. The molecule has 1 aliphatic rings. The lowest BCUT2D eigenvalue weighted by Gasteiger charge is -2.20. The average Bonchev–Trinajstić information content (AvgIpc) is 3.02. The van der Waals surface area contributed by atoms with E-state index in [0.29, 0.717) is 32.8 Å². The minimum Gasteiger partial charge on any atom is -0.381 e. The molecule has 1 amide bonds. The summed E-state index contributed by atoms with van der Waals surface area (Å²) in [6.07, 6.45) is 3.12. The number of ether oxygens (including phenoxy) is 2. The third kappa shape index (κ3) is 4.10. The smallest absolute Gasteiger partial charge is 0.222 e. The van der Waals surface area contributed by atoms with Crippen LogP contribution in [0.5, 0.6) is 0 Å². The molecule has 0 spiro atoms. The number of nitrogens with one attached hydrogen (secondary N) is 1. The third-order valence-corrected chi connectivity index (χ3v) is 4.44. The van der Waals surface area contributed by atoms with Gasteiger partial charge in [0.2, 0.25) is 5.91 Å². The molecule has 5 heteroatoms. The number of carbonyl (C=O) groups is 1. The van der Waals surface area contributed by atoms with Gasteiger partial charge in [-0.25, -0.2) is 0 Å². The molecule has 0 unspecified atom stereocenters. The van der Waals surface area contributed by atoms with E-state index >= 15 is 0 Å². The first kappa shape index (κ1) is 16.9. The number of carbonyl (C=O) groups excluding carboxylic acids is 1. The van der Waals surface area contributed by atoms with E-state index in [9.17, 15) is 4.79 Å². The van der Waals surface area contributed by atoms with Crippen LogP contribution in [0.4, 0.5) is 0 Å². The zero-order chi connectivity index (χ0) is 16.8. The molecule has 1 aliphatic heterocycles. The van der Waals surface area contributed by atoms with Crippen LogP contribution < -0.4 is 5.32 Å². The van der Waals surface area contributed by atoms with Gasteiger partial charge in [0.25, 0.3) is 0 Å².